The van der Waals surface area contributed by atoms with E-state index in [1.165, 1.54) is 0 Å². The Morgan fingerprint density at radius 3 is 0.750 bits per heavy atom. The third kappa shape index (κ3) is 12.7. The van der Waals surface area contributed by atoms with E-state index in [1.54, 1.807) is 0 Å². The van der Waals surface area contributed by atoms with Crippen molar-refractivity contribution >= 4 is 17.0 Å². The fourth-order valence-electron chi connectivity index (χ4n) is 0. The first-order valence-corrected chi connectivity index (χ1v) is 0. The summed E-state index contributed by atoms with van der Waals surface area (Å²) in [5, 5.41) is 0. The van der Waals surface area contributed by atoms with Gasteiger partial charge in [0, 0.05) is 17.1 Å². The van der Waals surface area contributed by atoms with Crippen LogP contribution in [0, 0.1) is 0 Å². The Labute approximate surface area is 45.4 Å². The smallest absolute Gasteiger partial charge is 0 e. The molecule has 0 atom stereocenters. The van der Waals surface area contributed by atoms with E-state index < -0.39 is 0 Å². The van der Waals surface area contributed by atoms with E-state index >= 15 is 0 Å². The molecule has 0 aromatic carbocycles. The van der Waals surface area contributed by atoms with Gasteiger partial charge in [0.15, 0.2) is 0 Å². The molecule has 0 aliphatic heterocycles. The molecule has 0 fully saturated rings. The van der Waals surface area contributed by atoms with Crippen LogP contribution in [0.2, 0.25) is 0 Å². The molecule has 32 valence electrons. The standard InChI is InChI=1S/BrH.Fe.2H2O/h1H;;2*1H2. The van der Waals surface area contributed by atoms with Gasteiger partial charge in [-0.15, -0.1) is 17.0 Å². The van der Waals surface area contributed by atoms with Crippen LogP contribution in [-0.4, -0.2) is 11.0 Å². The van der Waals surface area contributed by atoms with Crippen molar-refractivity contribution in [3.63, 3.8) is 0 Å². The average molecular weight is 173 g/mol. The van der Waals surface area contributed by atoms with Gasteiger partial charge in [-0.1, -0.05) is 0 Å². The molecule has 0 aromatic heterocycles. The topological polar surface area (TPSA) is 63.0 Å². The molecule has 0 bridgehead atoms. The molecule has 0 saturated heterocycles. The van der Waals surface area contributed by atoms with Gasteiger partial charge in [-0.25, -0.2) is 0 Å². The Balaban J connectivity index is 0. The average Bonchev–Trinajstić information content (AvgIpc) is 0. The maximum atomic E-state index is 0. The molecule has 4 N–H and O–H groups in total. The first-order chi connectivity index (χ1) is 0. The van der Waals surface area contributed by atoms with Crippen LogP contribution in [0.4, 0.5) is 0 Å². The van der Waals surface area contributed by atoms with Gasteiger partial charge in [0.25, 0.3) is 0 Å². The van der Waals surface area contributed by atoms with Crippen molar-refractivity contribution < 1.29 is 28.0 Å². The summed E-state index contributed by atoms with van der Waals surface area (Å²) in [4.78, 5) is 0. The molecule has 0 unspecified atom stereocenters. The summed E-state index contributed by atoms with van der Waals surface area (Å²) in [5.74, 6) is 0. The summed E-state index contributed by atoms with van der Waals surface area (Å²) in [7, 11) is 0. The van der Waals surface area contributed by atoms with E-state index in [0.29, 0.717) is 0 Å². The third-order valence-corrected chi connectivity index (χ3v) is 0. The van der Waals surface area contributed by atoms with Crippen LogP contribution in [0.1, 0.15) is 0 Å². The summed E-state index contributed by atoms with van der Waals surface area (Å²) in [6.07, 6.45) is 0. The summed E-state index contributed by atoms with van der Waals surface area (Å²) >= 11 is 0. The predicted molar refractivity (Wildman–Crippen MR) is 17.5 cm³/mol. The van der Waals surface area contributed by atoms with E-state index in [2.05, 4.69) is 0 Å². The molecule has 0 radical (unpaired) electrons. The van der Waals surface area contributed by atoms with E-state index in [0.717, 1.165) is 0 Å². The van der Waals surface area contributed by atoms with Crippen LogP contribution in [-0.2, 0) is 17.1 Å². The van der Waals surface area contributed by atoms with Crippen molar-refractivity contribution in [1.82, 2.24) is 0 Å². The van der Waals surface area contributed by atoms with Crippen molar-refractivity contribution in [3.05, 3.63) is 0 Å². The van der Waals surface area contributed by atoms with Crippen LogP contribution in [0.5, 0.6) is 0 Å². The summed E-state index contributed by atoms with van der Waals surface area (Å²) in [6.45, 7) is 0. The Morgan fingerprint density at radius 1 is 0.750 bits per heavy atom. The molecule has 0 amide bonds. The van der Waals surface area contributed by atoms with Crippen molar-refractivity contribution in [2.24, 2.45) is 0 Å². The second kappa shape index (κ2) is 39.5. The molecule has 0 spiro atoms. The monoisotopic (exact) mass is 172 g/mol. The molecule has 0 aliphatic rings. The second-order valence-corrected chi connectivity index (χ2v) is 0. The molecule has 0 saturated carbocycles. The molecule has 0 rings (SSSR count). The van der Waals surface area contributed by atoms with Crippen LogP contribution in [0.25, 0.3) is 0 Å². The van der Waals surface area contributed by atoms with Crippen molar-refractivity contribution in [2.75, 3.05) is 0 Å². The minimum atomic E-state index is 0. The normalized spacial score (nSPS) is 0. The van der Waals surface area contributed by atoms with E-state index in [-0.39, 0.29) is 45.0 Å². The fraction of sp³-hybridized carbons (Fsp3) is 0. The van der Waals surface area contributed by atoms with Gasteiger partial charge in [-0.05, 0) is 0 Å². The number of hydrogen-bond donors (Lipinski definition) is 0. The summed E-state index contributed by atoms with van der Waals surface area (Å²) < 4.78 is 0. The van der Waals surface area contributed by atoms with E-state index in [4.69, 9.17) is 0 Å². The largest absolute Gasteiger partial charge is 0.412 e. The SMILES string of the molecule is Br.O.O.[Fe]. The second-order valence-electron chi connectivity index (χ2n) is 0. The minimum Gasteiger partial charge on any atom is -0.412 e. The van der Waals surface area contributed by atoms with E-state index in [1.807, 2.05) is 0 Å². The molecule has 0 aromatic rings. The maximum Gasteiger partial charge on any atom is 0 e. The first-order valence-electron chi connectivity index (χ1n) is 0. The zero-order chi connectivity index (χ0) is 0. The van der Waals surface area contributed by atoms with Crippen LogP contribution >= 0.6 is 17.0 Å². The Bertz CT molecular complexity index is 6.00. The van der Waals surface area contributed by atoms with E-state index in [9.17, 15) is 0 Å². The number of halogens is 1. The Kier molecular flexibility index (Phi) is 883. The van der Waals surface area contributed by atoms with Crippen molar-refractivity contribution in [3.8, 4) is 0 Å². The zero-order valence-electron chi connectivity index (χ0n) is 1.76. The molecular weight excluding hydrogens is 168 g/mol. The minimum absolute atomic E-state index is 0. The van der Waals surface area contributed by atoms with Crippen molar-refractivity contribution in [2.45, 2.75) is 0 Å². The fourth-order valence-corrected chi connectivity index (χ4v) is 0. The quantitative estimate of drug-likeness (QED) is 0.418. The maximum absolute atomic E-state index is 0. The molecule has 0 heterocycles. The summed E-state index contributed by atoms with van der Waals surface area (Å²) in [6, 6.07) is 0. The molecule has 2 nitrogen and oxygen atoms in total. The van der Waals surface area contributed by atoms with Gasteiger partial charge in [0.2, 0.25) is 0 Å². The van der Waals surface area contributed by atoms with Gasteiger partial charge >= 0.3 is 0 Å². The van der Waals surface area contributed by atoms with Crippen LogP contribution < -0.4 is 0 Å². The molecule has 0 aliphatic carbocycles. The van der Waals surface area contributed by atoms with Gasteiger partial charge in [0.05, 0.1) is 0 Å². The molecule has 4 heavy (non-hydrogen) atoms. The predicted octanol–water partition coefficient (Wildman–Crippen LogP) is -1.07. The first kappa shape index (κ1) is 89.4. The van der Waals surface area contributed by atoms with Gasteiger partial charge in [-0.2, -0.15) is 0 Å². The number of hydrogen-bond acceptors (Lipinski definition) is 0. The van der Waals surface area contributed by atoms with Crippen LogP contribution in [0.15, 0.2) is 0 Å². The molecular formula is H5BrFeO2. The zero-order valence-corrected chi connectivity index (χ0v) is 4.58. The van der Waals surface area contributed by atoms with Gasteiger partial charge in [-0.3, -0.25) is 0 Å². The van der Waals surface area contributed by atoms with Crippen molar-refractivity contribution in [1.29, 1.82) is 0 Å². The van der Waals surface area contributed by atoms with Gasteiger partial charge in [0.1, 0.15) is 0 Å². The Morgan fingerprint density at radius 2 is 0.750 bits per heavy atom. The molecule has 4 heteroatoms. The summed E-state index contributed by atoms with van der Waals surface area (Å²) in [5.41, 5.74) is 0. The third-order valence-electron chi connectivity index (χ3n) is 0. The van der Waals surface area contributed by atoms with Crippen LogP contribution in [0.3, 0.4) is 0 Å². The Hall–Kier alpha value is 0.919. The van der Waals surface area contributed by atoms with Gasteiger partial charge < -0.3 is 11.0 Å². The number of rotatable bonds is 0.